The topological polar surface area (TPSA) is 36.9 Å². The molecular formula is C10H20O4. The predicted molar refractivity (Wildman–Crippen MR) is 52.0 cm³/mol. The van der Waals surface area contributed by atoms with Crippen LogP contribution in [0.5, 0.6) is 0 Å². The van der Waals surface area contributed by atoms with Crippen LogP contribution >= 0.6 is 0 Å². The fourth-order valence-corrected chi connectivity index (χ4v) is 2.19. The molecule has 1 rings (SSSR count). The van der Waals surface area contributed by atoms with E-state index < -0.39 is 11.6 Å². The van der Waals surface area contributed by atoms with Crippen molar-refractivity contribution in [3.8, 4) is 0 Å². The Morgan fingerprint density at radius 1 is 1.14 bits per heavy atom. The van der Waals surface area contributed by atoms with Crippen LogP contribution in [0.2, 0.25) is 0 Å². The fraction of sp³-hybridized carbons (Fsp3) is 1.00. The van der Waals surface area contributed by atoms with Crippen molar-refractivity contribution in [3.05, 3.63) is 0 Å². The SMILES string of the molecule is CCC1(OC)CCCOC1(OC)OC. The summed E-state index contributed by atoms with van der Waals surface area (Å²) >= 11 is 0. The molecule has 0 bridgehead atoms. The van der Waals surface area contributed by atoms with Gasteiger partial charge in [-0.25, -0.2) is 0 Å². The van der Waals surface area contributed by atoms with Crippen LogP contribution in [0.4, 0.5) is 0 Å². The lowest BCUT2D eigenvalue weighted by atomic mass is 9.89. The molecule has 1 unspecified atom stereocenters. The third-order valence-electron chi connectivity index (χ3n) is 3.07. The maximum absolute atomic E-state index is 5.59. The molecule has 1 aliphatic rings. The van der Waals surface area contributed by atoms with Gasteiger partial charge < -0.3 is 18.9 Å². The smallest absolute Gasteiger partial charge is 0.313 e. The molecule has 1 heterocycles. The van der Waals surface area contributed by atoms with E-state index in [-0.39, 0.29) is 0 Å². The highest BCUT2D eigenvalue weighted by Gasteiger charge is 2.55. The molecule has 0 aromatic heterocycles. The second kappa shape index (κ2) is 4.57. The minimum atomic E-state index is -1.05. The summed E-state index contributed by atoms with van der Waals surface area (Å²) in [5, 5.41) is 0. The number of hydrogen-bond donors (Lipinski definition) is 0. The summed E-state index contributed by atoms with van der Waals surface area (Å²) in [4.78, 5) is 0. The average molecular weight is 204 g/mol. The Kier molecular flexibility index (Phi) is 3.89. The first-order valence-corrected chi connectivity index (χ1v) is 4.99. The molecule has 0 aromatic carbocycles. The van der Waals surface area contributed by atoms with Gasteiger partial charge in [-0.3, -0.25) is 0 Å². The standard InChI is InChI=1S/C10H20O4/c1-5-9(11-2)7-6-8-14-10(9,12-3)13-4/h5-8H2,1-4H3. The molecule has 1 atom stereocenters. The van der Waals surface area contributed by atoms with Crippen LogP contribution in [0.1, 0.15) is 26.2 Å². The second-order valence-electron chi connectivity index (χ2n) is 3.47. The Labute approximate surface area is 85.5 Å². The highest BCUT2D eigenvalue weighted by atomic mass is 16.9. The predicted octanol–water partition coefficient (Wildman–Crippen LogP) is 1.54. The van der Waals surface area contributed by atoms with E-state index >= 15 is 0 Å². The van der Waals surface area contributed by atoms with Crippen LogP contribution in [-0.2, 0) is 18.9 Å². The summed E-state index contributed by atoms with van der Waals surface area (Å²) in [5.41, 5.74) is -0.491. The molecular weight excluding hydrogens is 184 g/mol. The summed E-state index contributed by atoms with van der Waals surface area (Å²) in [6.45, 7) is 2.69. The molecule has 0 saturated carbocycles. The molecule has 0 spiro atoms. The zero-order valence-corrected chi connectivity index (χ0v) is 9.46. The number of hydrogen-bond acceptors (Lipinski definition) is 4. The largest absolute Gasteiger partial charge is 0.370 e. The van der Waals surface area contributed by atoms with E-state index in [1.165, 1.54) is 0 Å². The Morgan fingerprint density at radius 2 is 1.79 bits per heavy atom. The van der Waals surface area contributed by atoms with Crippen molar-refractivity contribution in [1.82, 2.24) is 0 Å². The monoisotopic (exact) mass is 204 g/mol. The zero-order valence-electron chi connectivity index (χ0n) is 9.46. The lowest BCUT2D eigenvalue weighted by Crippen LogP contribution is -2.61. The maximum atomic E-state index is 5.59. The molecule has 4 heteroatoms. The lowest BCUT2D eigenvalue weighted by Gasteiger charge is -2.48. The Bertz CT molecular complexity index is 153. The van der Waals surface area contributed by atoms with Crippen LogP contribution in [0, 0.1) is 0 Å². The fourth-order valence-electron chi connectivity index (χ4n) is 2.19. The van der Waals surface area contributed by atoms with E-state index in [9.17, 15) is 0 Å². The van der Waals surface area contributed by atoms with Gasteiger partial charge in [0.25, 0.3) is 0 Å². The third-order valence-corrected chi connectivity index (χ3v) is 3.07. The molecule has 4 nitrogen and oxygen atoms in total. The molecule has 0 N–H and O–H groups in total. The Balaban J connectivity index is 2.96. The average Bonchev–Trinajstić information content (AvgIpc) is 2.28. The third kappa shape index (κ3) is 1.56. The van der Waals surface area contributed by atoms with E-state index in [0.29, 0.717) is 6.61 Å². The van der Waals surface area contributed by atoms with Crippen molar-refractivity contribution in [3.63, 3.8) is 0 Å². The van der Waals surface area contributed by atoms with Gasteiger partial charge in [0.05, 0.1) is 6.61 Å². The molecule has 1 fully saturated rings. The molecule has 0 amide bonds. The molecule has 1 aliphatic heterocycles. The Morgan fingerprint density at radius 3 is 2.14 bits per heavy atom. The summed E-state index contributed by atoms with van der Waals surface area (Å²) < 4.78 is 21.9. The minimum Gasteiger partial charge on any atom is -0.370 e. The first-order valence-electron chi connectivity index (χ1n) is 4.99. The van der Waals surface area contributed by atoms with Gasteiger partial charge in [-0.2, -0.15) is 0 Å². The van der Waals surface area contributed by atoms with Gasteiger partial charge in [-0.1, -0.05) is 6.92 Å². The van der Waals surface area contributed by atoms with Crippen molar-refractivity contribution >= 4 is 0 Å². The normalized spacial score (nSPS) is 31.7. The van der Waals surface area contributed by atoms with E-state index in [4.69, 9.17) is 18.9 Å². The molecule has 1 saturated heterocycles. The van der Waals surface area contributed by atoms with Crippen molar-refractivity contribution < 1.29 is 18.9 Å². The van der Waals surface area contributed by atoms with Gasteiger partial charge in [0.15, 0.2) is 0 Å². The number of ether oxygens (including phenoxy) is 4. The van der Waals surface area contributed by atoms with Crippen LogP contribution in [0.25, 0.3) is 0 Å². The summed E-state index contributed by atoms with van der Waals surface area (Å²) in [6.07, 6.45) is 2.66. The molecule has 0 aromatic rings. The highest BCUT2D eigenvalue weighted by Crippen LogP contribution is 2.41. The lowest BCUT2D eigenvalue weighted by molar-refractivity contribution is -0.444. The van der Waals surface area contributed by atoms with Crippen LogP contribution in [-0.4, -0.2) is 39.5 Å². The van der Waals surface area contributed by atoms with Gasteiger partial charge in [0.2, 0.25) is 0 Å². The van der Waals surface area contributed by atoms with Crippen molar-refractivity contribution in [1.29, 1.82) is 0 Å². The molecule has 84 valence electrons. The van der Waals surface area contributed by atoms with Gasteiger partial charge >= 0.3 is 5.97 Å². The number of methoxy groups -OCH3 is 3. The van der Waals surface area contributed by atoms with E-state index in [0.717, 1.165) is 19.3 Å². The van der Waals surface area contributed by atoms with Crippen molar-refractivity contribution in [2.24, 2.45) is 0 Å². The van der Waals surface area contributed by atoms with Gasteiger partial charge in [-0.05, 0) is 19.3 Å². The van der Waals surface area contributed by atoms with Crippen molar-refractivity contribution in [2.45, 2.75) is 37.8 Å². The van der Waals surface area contributed by atoms with Crippen LogP contribution in [0.3, 0.4) is 0 Å². The molecule has 0 aliphatic carbocycles. The Hall–Kier alpha value is -0.160. The zero-order chi connectivity index (χ0) is 10.7. The van der Waals surface area contributed by atoms with E-state index in [1.54, 1.807) is 21.3 Å². The highest BCUT2D eigenvalue weighted by molar-refractivity contribution is 4.92. The minimum absolute atomic E-state index is 0.491. The van der Waals surface area contributed by atoms with E-state index in [2.05, 4.69) is 0 Å². The van der Waals surface area contributed by atoms with Crippen molar-refractivity contribution in [2.75, 3.05) is 27.9 Å². The first kappa shape index (κ1) is 11.9. The van der Waals surface area contributed by atoms with Crippen LogP contribution < -0.4 is 0 Å². The second-order valence-corrected chi connectivity index (χ2v) is 3.47. The quantitative estimate of drug-likeness (QED) is 0.651. The van der Waals surface area contributed by atoms with E-state index in [1.807, 2.05) is 6.92 Å². The maximum Gasteiger partial charge on any atom is 0.313 e. The summed E-state index contributed by atoms with van der Waals surface area (Å²) in [5.74, 6) is -1.05. The molecule has 0 radical (unpaired) electrons. The van der Waals surface area contributed by atoms with Gasteiger partial charge in [0.1, 0.15) is 5.60 Å². The summed E-state index contributed by atoms with van der Waals surface area (Å²) in [6, 6.07) is 0. The van der Waals surface area contributed by atoms with Gasteiger partial charge in [-0.15, -0.1) is 0 Å². The first-order chi connectivity index (χ1) is 6.70. The number of rotatable bonds is 4. The van der Waals surface area contributed by atoms with Crippen LogP contribution in [0.15, 0.2) is 0 Å². The molecule has 14 heavy (non-hydrogen) atoms. The summed E-state index contributed by atoms with van der Waals surface area (Å²) in [7, 11) is 4.83. The van der Waals surface area contributed by atoms with Gasteiger partial charge in [0, 0.05) is 21.3 Å².